The second kappa shape index (κ2) is 7.83. The number of alkyl halides is 3. The molecule has 1 saturated heterocycles. The standard InChI is InChI=1S/C17H11F3N2O2S3/c18-17(19,20)11-5-1-2-6-12(11)21-14(23)9-22-15(24)13(27-16(22)25)8-10-4-3-7-26-10/h1-8H,9H2,(H,21,23)/b13-8-. The monoisotopic (exact) mass is 428 g/mol. The number of benzene rings is 1. The summed E-state index contributed by atoms with van der Waals surface area (Å²) in [5.74, 6) is -1.21. The molecule has 0 saturated carbocycles. The number of carbonyl (C=O) groups is 2. The Labute approximate surface area is 166 Å². The molecule has 27 heavy (non-hydrogen) atoms. The average Bonchev–Trinajstić information content (AvgIpc) is 3.19. The number of hydrogen-bond acceptors (Lipinski definition) is 5. The van der Waals surface area contributed by atoms with Gasteiger partial charge in [0.1, 0.15) is 10.9 Å². The van der Waals surface area contributed by atoms with Gasteiger partial charge in [0.05, 0.1) is 16.2 Å². The number of anilines is 1. The summed E-state index contributed by atoms with van der Waals surface area (Å²) in [5, 5.41) is 4.07. The SMILES string of the molecule is O=C(CN1C(=O)/C(=C/c2cccs2)SC1=S)Nc1ccccc1C(F)(F)F. The number of carbonyl (C=O) groups excluding carboxylic acids is 2. The van der Waals surface area contributed by atoms with Crippen molar-refractivity contribution in [3.63, 3.8) is 0 Å². The van der Waals surface area contributed by atoms with Crippen LogP contribution in [0.1, 0.15) is 10.4 Å². The van der Waals surface area contributed by atoms with Gasteiger partial charge in [0.25, 0.3) is 5.91 Å². The van der Waals surface area contributed by atoms with E-state index in [9.17, 15) is 22.8 Å². The van der Waals surface area contributed by atoms with Crippen molar-refractivity contribution in [3.8, 4) is 0 Å². The predicted octanol–water partition coefficient (Wildman–Crippen LogP) is 4.61. The molecular weight excluding hydrogens is 417 g/mol. The minimum atomic E-state index is -4.60. The molecule has 1 aromatic heterocycles. The van der Waals surface area contributed by atoms with Gasteiger partial charge in [0.2, 0.25) is 5.91 Å². The topological polar surface area (TPSA) is 49.4 Å². The highest BCUT2D eigenvalue weighted by atomic mass is 32.2. The van der Waals surface area contributed by atoms with Crippen LogP contribution in [0.5, 0.6) is 0 Å². The molecule has 2 aromatic rings. The van der Waals surface area contributed by atoms with Gasteiger partial charge in [0, 0.05) is 4.88 Å². The maximum absolute atomic E-state index is 13.0. The first kappa shape index (κ1) is 19.6. The Hall–Kier alpha value is -2.17. The molecule has 10 heteroatoms. The molecule has 1 aliphatic rings. The lowest BCUT2D eigenvalue weighted by Gasteiger charge is -2.16. The summed E-state index contributed by atoms with van der Waals surface area (Å²) >= 11 is 7.62. The zero-order valence-electron chi connectivity index (χ0n) is 13.4. The molecule has 2 amide bonds. The minimum Gasteiger partial charge on any atom is -0.324 e. The van der Waals surface area contributed by atoms with Crippen LogP contribution in [0.15, 0.2) is 46.7 Å². The molecule has 1 aromatic carbocycles. The van der Waals surface area contributed by atoms with E-state index in [4.69, 9.17) is 12.2 Å². The molecule has 0 aliphatic carbocycles. The Morgan fingerprint density at radius 3 is 2.63 bits per heavy atom. The first-order valence-electron chi connectivity index (χ1n) is 7.50. The van der Waals surface area contributed by atoms with Crippen LogP contribution in [0, 0.1) is 0 Å². The van der Waals surface area contributed by atoms with Crippen LogP contribution in [0.3, 0.4) is 0 Å². The molecule has 0 bridgehead atoms. The Kier molecular flexibility index (Phi) is 5.68. The van der Waals surface area contributed by atoms with E-state index in [0.717, 1.165) is 33.7 Å². The second-order valence-electron chi connectivity index (χ2n) is 5.37. The molecule has 1 fully saturated rings. The van der Waals surface area contributed by atoms with Gasteiger partial charge in [-0.15, -0.1) is 11.3 Å². The second-order valence-corrected chi connectivity index (χ2v) is 8.03. The molecule has 140 valence electrons. The third-order valence-corrected chi connectivity index (χ3v) is 5.70. The third-order valence-electron chi connectivity index (χ3n) is 3.50. The number of para-hydroxylation sites is 1. The number of amides is 2. The van der Waals surface area contributed by atoms with Crippen molar-refractivity contribution in [1.82, 2.24) is 4.90 Å². The molecule has 2 heterocycles. The highest BCUT2D eigenvalue weighted by Crippen LogP contribution is 2.35. The van der Waals surface area contributed by atoms with E-state index >= 15 is 0 Å². The summed E-state index contributed by atoms with van der Waals surface area (Å²) < 4.78 is 39.2. The van der Waals surface area contributed by atoms with Crippen molar-refractivity contribution < 1.29 is 22.8 Å². The fourth-order valence-electron chi connectivity index (χ4n) is 2.31. The highest BCUT2D eigenvalue weighted by molar-refractivity contribution is 8.26. The fraction of sp³-hybridized carbons (Fsp3) is 0.118. The summed E-state index contributed by atoms with van der Waals surface area (Å²) in [5.41, 5.74) is -1.32. The van der Waals surface area contributed by atoms with Crippen LogP contribution in [0.25, 0.3) is 6.08 Å². The van der Waals surface area contributed by atoms with Gasteiger partial charge < -0.3 is 5.32 Å². The van der Waals surface area contributed by atoms with Gasteiger partial charge in [0.15, 0.2) is 0 Å². The van der Waals surface area contributed by atoms with E-state index in [1.54, 1.807) is 6.08 Å². The molecular formula is C17H11F3N2O2S3. The van der Waals surface area contributed by atoms with Crippen LogP contribution in [-0.2, 0) is 15.8 Å². The maximum atomic E-state index is 13.0. The molecule has 0 radical (unpaired) electrons. The summed E-state index contributed by atoms with van der Waals surface area (Å²) in [6.07, 6.45) is -2.93. The first-order chi connectivity index (χ1) is 12.8. The van der Waals surface area contributed by atoms with Crippen LogP contribution in [0.2, 0.25) is 0 Å². The van der Waals surface area contributed by atoms with Gasteiger partial charge in [-0.05, 0) is 29.7 Å². The zero-order chi connectivity index (χ0) is 19.6. The lowest BCUT2D eigenvalue weighted by Crippen LogP contribution is -2.36. The minimum absolute atomic E-state index is 0.182. The number of thiocarbonyl (C=S) groups is 1. The third kappa shape index (κ3) is 4.57. The Bertz CT molecular complexity index is 924. The van der Waals surface area contributed by atoms with Gasteiger partial charge >= 0.3 is 6.18 Å². The smallest absolute Gasteiger partial charge is 0.324 e. The number of rotatable bonds is 4. The number of nitrogens with zero attached hydrogens (tertiary/aromatic N) is 1. The van der Waals surface area contributed by atoms with Crippen molar-refractivity contribution in [1.29, 1.82) is 0 Å². The van der Waals surface area contributed by atoms with Gasteiger partial charge in [-0.1, -0.05) is 42.2 Å². The molecule has 1 aliphatic heterocycles. The molecule has 3 rings (SSSR count). The average molecular weight is 428 g/mol. The van der Waals surface area contributed by atoms with Crippen LogP contribution in [-0.4, -0.2) is 27.6 Å². The first-order valence-corrected chi connectivity index (χ1v) is 9.61. The van der Waals surface area contributed by atoms with Crippen LogP contribution >= 0.6 is 35.3 Å². The summed E-state index contributed by atoms with van der Waals surface area (Å²) in [6.45, 7) is -0.460. The van der Waals surface area contributed by atoms with Crippen molar-refractivity contribution in [2.75, 3.05) is 11.9 Å². The lowest BCUT2D eigenvalue weighted by atomic mass is 10.1. The highest BCUT2D eigenvalue weighted by Gasteiger charge is 2.35. The number of nitrogens with one attached hydrogen (secondary N) is 1. The largest absolute Gasteiger partial charge is 0.418 e. The van der Waals surface area contributed by atoms with Crippen molar-refractivity contribution >= 4 is 63.2 Å². The molecule has 4 nitrogen and oxygen atoms in total. The van der Waals surface area contributed by atoms with E-state index < -0.39 is 30.1 Å². The number of thioether (sulfide) groups is 1. The maximum Gasteiger partial charge on any atom is 0.418 e. The van der Waals surface area contributed by atoms with E-state index in [2.05, 4.69) is 5.32 Å². The van der Waals surface area contributed by atoms with Gasteiger partial charge in [-0.3, -0.25) is 14.5 Å². The zero-order valence-corrected chi connectivity index (χ0v) is 15.9. The number of thiophene rings is 1. The lowest BCUT2D eigenvalue weighted by molar-refractivity contribution is -0.137. The Balaban J connectivity index is 1.72. The Morgan fingerprint density at radius 1 is 1.22 bits per heavy atom. The molecule has 0 unspecified atom stereocenters. The molecule has 0 spiro atoms. The summed E-state index contributed by atoms with van der Waals surface area (Å²) in [4.78, 5) is 27.0. The van der Waals surface area contributed by atoms with Crippen LogP contribution < -0.4 is 5.32 Å². The summed E-state index contributed by atoms with van der Waals surface area (Å²) in [6, 6.07) is 8.31. The number of halogens is 3. The van der Waals surface area contributed by atoms with E-state index in [0.29, 0.717) is 4.91 Å². The fourth-order valence-corrected chi connectivity index (χ4v) is 4.29. The van der Waals surface area contributed by atoms with Crippen molar-refractivity contribution in [3.05, 3.63) is 57.1 Å². The van der Waals surface area contributed by atoms with E-state index in [-0.39, 0.29) is 10.0 Å². The van der Waals surface area contributed by atoms with Crippen molar-refractivity contribution in [2.45, 2.75) is 6.18 Å². The number of hydrogen-bond donors (Lipinski definition) is 1. The predicted molar refractivity (Wildman–Crippen MR) is 104 cm³/mol. The molecule has 0 atom stereocenters. The quantitative estimate of drug-likeness (QED) is 0.571. The van der Waals surface area contributed by atoms with Crippen LogP contribution in [0.4, 0.5) is 18.9 Å². The van der Waals surface area contributed by atoms with E-state index in [1.165, 1.54) is 23.5 Å². The summed E-state index contributed by atoms with van der Waals surface area (Å²) in [7, 11) is 0. The Morgan fingerprint density at radius 2 is 1.96 bits per heavy atom. The van der Waals surface area contributed by atoms with E-state index in [1.807, 2.05) is 17.5 Å². The van der Waals surface area contributed by atoms with Gasteiger partial charge in [-0.25, -0.2) is 0 Å². The van der Waals surface area contributed by atoms with Crippen molar-refractivity contribution in [2.24, 2.45) is 0 Å². The van der Waals surface area contributed by atoms with Gasteiger partial charge in [-0.2, -0.15) is 13.2 Å². The molecule has 1 N–H and O–H groups in total. The normalized spacial score (nSPS) is 16.3.